The molecule has 5 N–H and O–H groups in total. The molecule has 2 rings (SSSR count). The minimum Gasteiger partial charge on any atom is -0.481 e. The first-order valence-corrected chi connectivity index (χ1v) is 12.1. The number of aliphatic carboxylic acids is 1. The molecule has 0 aromatic heterocycles. The van der Waals surface area contributed by atoms with E-state index in [4.69, 9.17) is 9.84 Å². The fourth-order valence-corrected chi connectivity index (χ4v) is 5.15. The number of esters is 1. The number of aliphatic hydroxyl groups is 4. The third-order valence-electron chi connectivity index (χ3n) is 7.79. The Bertz CT molecular complexity index is 717. The van der Waals surface area contributed by atoms with Crippen molar-refractivity contribution < 1.29 is 39.9 Å². The highest BCUT2D eigenvalue weighted by atomic mass is 16.5. The molecule has 0 radical (unpaired) electrons. The van der Waals surface area contributed by atoms with Crippen LogP contribution in [0.25, 0.3) is 0 Å². The fourth-order valence-electron chi connectivity index (χ4n) is 5.15. The van der Waals surface area contributed by atoms with Gasteiger partial charge in [0.05, 0.1) is 36.3 Å². The van der Waals surface area contributed by atoms with Gasteiger partial charge in [-0.1, -0.05) is 26.8 Å². The lowest BCUT2D eigenvalue weighted by atomic mass is 9.61. The van der Waals surface area contributed by atoms with Crippen LogP contribution in [0.4, 0.5) is 0 Å². The Labute approximate surface area is 196 Å². The number of hydrogen-bond donors (Lipinski definition) is 5. The largest absolute Gasteiger partial charge is 0.481 e. The average Bonchev–Trinajstić information content (AvgIpc) is 2.71. The first kappa shape index (κ1) is 27.8. The van der Waals surface area contributed by atoms with Gasteiger partial charge >= 0.3 is 11.9 Å². The van der Waals surface area contributed by atoms with Gasteiger partial charge in [0, 0.05) is 5.92 Å². The van der Waals surface area contributed by atoms with Crippen LogP contribution in [-0.4, -0.2) is 68.0 Å². The third-order valence-corrected chi connectivity index (χ3v) is 7.79. The summed E-state index contributed by atoms with van der Waals surface area (Å²) in [5.41, 5.74) is 0.0615. The molecule has 8 heteroatoms. The maximum atomic E-state index is 12.9. The molecule has 0 saturated heterocycles. The van der Waals surface area contributed by atoms with Gasteiger partial charge in [0.25, 0.3) is 0 Å². The van der Waals surface area contributed by atoms with Crippen molar-refractivity contribution in [1.29, 1.82) is 0 Å². The zero-order chi connectivity index (χ0) is 25.1. The van der Waals surface area contributed by atoms with Crippen LogP contribution in [0.1, 0.15) is 73.1 Å². The van der Waals surface area contributed by atoms with E-state index < -0.39 is 48.3 Å². The van der Waals surface area contributed by atoms with Crippen LogP contribution >= 0.6 is 0 Å². The van der Waals surface area contributed by atoms with Crippen LogP contribution in [0.15, 0.2) is 11.6 Å². The normalized spacial score (nSPS) is 34.1. The maximum Gasteiger partial charge on any atom is 0.311 e. The summed E-state index contributed by atoms with van der Waals surface area (Å²) in [6, 6.07) is 0. The zero-order valence-corrected chi connectivity index (χ0v) is 20.5. The molecule has 0 aromatic carbocycles. The van der Waals surface area contributed by atoms with Crippen LogP contribution in [0.2, 0.25) is 0 Å². The molecule has 0 amide bonds. The Hall–Kier alpha value is -1.48. The van der Waals surface area contributed by atoms with Crippen molar-refractivity contribution in [3.05, 3.63) is 11.6 Å². The SMILES string of the molecule is CCC(C)(C)C(=O)O[C@@H]1C[C@H](C)[C@H](O)C2=C[C@H](O)[C@H](C)[C@H](CC[C@H](O)C[C@H](O)CC(=O)O)[C@H]21. The topological polar surface area (TPSA) is 145 Å². The molecule has 1 saturated carbocycles. The molecule has 0 aromatic rings. The molecule has 8 nitrogen and oxygen atoms in total. The summed E-state index contributed by atoms with van der Waals surface area (Å²) in [5, 5.41) is 50.6. The van der Waals surface area contributed by atoms with Crippen molar-refractivity contribution in [2.75, 3.05) is 0 Å². The van der Waals surface area contributed by atoms with E-state index in [9.17, 15) is 30.0 Å². The maximum absolute atomic E-state index is 12.9. The highest BCUT2D eigenvalue weighted by Gasteiger charge is 2.49. The van der Waals surface area contributed by atoms with Gasteiger partial charge in [-0.2, -0.15) is 0 Å². The van der Waals surface area contributed by atoms with E-state index in [1.807, 2.05) is 34.6 Å². The van der Waals surface area contributed by atoms with Crippen molar-refractivity contribution in [3.8, 4) is 0 Å². The number of rotatable bonds is 10. The van der Waals surface area contributed by atoms with E-state index in [1.54, 1.807) is 6.08 Å². The standard InChI is InChI=1S/C25H42O8/c1-6-25(4,5)24(32)33-20-9-13(2)23(31)18-12-19(28)14(3)17(22(18)20)8-7-15(26)10-16(27)11-21(29)30/h12-17,19-20,22-23,26-28,31H,6-11H2,1-5H3,(H,29,30)/t13-,14+,15-,16-,17-,19-,20+,22+,23-/m0/s1. The summed E-state index contributed by atoms with van der Waals surface area (Å²) in [6.45, 7) is 9.43. The summed E-state index contributed by atoms with van der Waals surface area (Å²) in [4.78, 5) is 23.7. The highest BCUT2D eigenvalue weighted by molar-refractivity contribution is 5.76. The molecule has 190 valence electrons. The Morgan fingerprint density at radius 3 is 2.39 bits per heavy atom. The molecule has 0 unspecified atom stereocenters. The molecule has 0 heterocycles. The third kappa shape index (κ3) is 6.78. The van der Waals surface area contributed by atoms with Gasteiger partial charge in [-0.25, -0.2) is 0 Å². The molecule has 0 spiro atoms. The van der Waals surface area contributed by atoms with Crippen molar-refractivity contribution in [3.63, 3.8) is 0 Å². The molecule has 0 bridgehead atoms. The van der Waals surface area contributed by atoms with Crippen molar-refractivity contribution in [2.45, 2.75) is 104 Å². The number of fused-ring (bicyclic) bond motifs is 1. The Balaban J connectivity index is 2.23. The Morgan fingerprint density at radius 1 is 1.18 bits per heavy atom. The summed E-state index contributed by atoms with van der Waals surface area (Å²) >= 11 is 0. The Morgan fingerprint density at radius 2 is 1.82 bits per heavy atom. The van der Waals surface area contributed by atoms with Gasteiger partial charge in [-0.05, 0) is 69.3 Å². The predicted molar refractivity (Wildman–Crippen MR) is 122 cm³/mol. The number of carboxylic acids is 1. The zero-order valence-electron chi connectivity index (χ0n) is 20.5. The number of hydrogen-bond acceptors (Lipinski definition) is 7. The summed E-state index contributed by atoms with van der Waals surface area (Å²) in [5.74, 6) is -2.16. The smallest absolute Gasteiger partial charge is 0.311 e. The lowest BCUT2D eigenvalue weighted by Gasteiger charge is -2.49. The van der Waals surface area contributed by atoms with Crippen LogP contribution < -0.4 is 0 Å². The number of carbonyl (C=O) groups is 2. The van der Waals surface area contributed by atoms with Gasteiger partial charge in [0.1, 0.15) is 6.10 Å². The molecule has 2 aliphatic rings. The molecule has 0 aliphatic heterocycles. The van der Waals surface area contributed by atoms with E-state index >= 15 is 0 Å². The second-order valence-electron chi connectivity index (χ2n) is 10.8. The molecule has 33 heavy (non-hydrogen) atoms. The van der Waals surface area contributed by atoms with Gasteiger partial charge in [-0.3, -0.25) is 9.59 Å². The number of carbonyl (C=O) groups excluding carboxylic acids is 1. The average molecular weight is 471 g/mol. The van der Waals surface area contributed by atoms with Gasteiger partial charge < -0.3 is 30.3 Å². The quantitative estimate of drug-likeness (QED) is 0.242. The van der Waals surface area contributed by atoms with E-state index in [1.165, 1.54) is 0 Å². The monoisotopic (exact) mass is 470 g/mol. The van der Waals surface area contributed by atoms with Crippen LogP contribution in [0.5, 0.6) is 0 Å². The summed E-state index contributed by atoms with van der Waals surface area (Å²) in [7, 11) is 0. The Kier molecular flexibility index (Phi) is 9.50. The number of carboxylic acid groups (broad SMARTS) is 1. The summed E-state index contributed by atoms with van der Waals surface area (Å²) in [6.07, 6.45) is -0.838. The molecule has 2 aliphatic carbocycles. The first-order valence-electron chi connectivity index (χ1n) is 12.1. The van der Waals surface area contributed by atoms with E-state index in [0.717, 1.165) is 0 Å². The van der Waals surface area contributed by atoms with Crippen molar-refractivity contribution in [2.24, 2.45) is 29.1 Å². The predicted octanol–water partition coefficient (Wildman–Crippen LogP) is 2.27. The minimum atomic E-state index is -1.13. The second kappa shape index (κ2) is 11.3. The van der Waals surface area contributed by atoms with E-state index in [0.29, 0.717) is 31.3 Å². The van der Waals surface area contributed by atoms with E-state index in [-0.39, 0.29) is 36.1 Å². The van der Waals surface area contributed by atoms with Gasteiger partial charge in [-0.15, -0.1) is 0 Å². The second-order valence-corrected chi connectivity index (χ2v) is 10.8. The minimum absolute atomic E-state index is 0.0495. The molecule has 1 fully saturated rings. The van der Waals surface area contributed by atoms with Crippen LogP contribution in [-0.2, 0) is 14.3 Å². The first-order chi connectivity index (χ1) is 15.3. The van der Waals surface area contributed by atoms with Gasteiger partial charge in [0.2, 0.25) is 0 Å². The van der Waals surface area contributed by atoms with E-state index in [2.05, 4.69) is 0 Å². The van der Waals surface area contributed by atoms with Crippen LogP contribution in [0, 0.1) is 29.1 Å². The molecular weight excluding hydrogens is 428 g/mol. The summed E-state index contributed by atoms with van der Waals surface area (Å²) < 4.78 is 6.02. The number of aliphatic hydroxyl groups excluding tert-OH is 4. The molecular formula is C25H42O8. The lowest BCUT2D eigenvalue weighted by Crippen LogP contribution is -2.51. The highest BCUT2D eigenvalue weighted by Crippen LogP contribution is 2.48. The fraction of sp³-hybridized carbons (Fsp3) is 0.840. The molecule has 9 atom stereocenters. The van der Waals surface area contributed by atoms with Gasteiger partial charge in [0.15, 0.2) is 0 Å². The van der Waals surface area contributed by atoms with Crippen molar-refractivity contribution in [1.82, 2.24) is 0 Å². The van der Waals surface area contributed by atoms with Crippen molar-refractivity contribution >= 4 is 11.9 Å². The van der Waals surface area contributed by atoms with Crippen LogP contribution in [0.3, 0.4) is 0 Å². The lowest BCUT2D eigenvalue weighted by molar-refractivity contribution is -0.168. The number of ether oxygens (including phenoxy) is 1.